The van der Waals surface area contributed by atoms with Crippen LogP contribution >= 0.6 is 11.3 Å². The molecular weight excluding hydrogens is 422 g/mol. The summed E-state index contributed by atoms with van der Waals surface area (Å²) in [6.45, 7) is 5.54. The Morgan fingerprint density at radius 1 is 1.31 bits per heavy atom. The molecule has 1 unspecified atom stereocenters. The molecule has 0 saturated carbocycles. The first-order valence-corrected chi connectivity index (χ1v) is 11.5. The van der Waals surface area contributed by atoms with Crippen LogP contribution in [0.5, 0.6) is 5.75 Å². The molecule has 1 aliphatic carbocycles. The van der Waals surface area contributed by atoms with Gasteiger partial charge in [-0.05, 0) is 68.5 Å². The predicted molar refractivity (Wildman–Crippen MR) is 125 cm³/mol. The van der Waals surface area contributed by atoms with Crippen molar-refractivity contribution in [2.45, 2.75) is 51.8 Å². The van der Waals surface area contributed by atoms with Gasteiger partial charge >= 0.3 is 5.97 Å². The molecule has 32 heavy (non-hydrogen) atoms. The van der Waals surface area contributed by atoms with Gasteiger partial charge in [0.05, 0.1) is 16.5 Å². The van der Waals surface area contributed by atoms with Crippen molar-refractivity contribution in [3.05, 3.63) is 59.3 Å². The molecule has 0 bridgehead atoms. The monoisotopic (exact) mass is 447 g/mol. The first kappa shape index (κ1) is 22.0. The second-order valence-corrected chi connectivity index (χ2v) is 9.24. The quantitative estimate of drug-likeness (QED) is 0.518. The first-order valence-electron chi connectivity index (χ1n) is 10.7. The van der Waals surface area contributed by atoms with Gasteiger partial charge in [-0.1, -0.05) is 18.2 Å². The lowest BCUT2D eigenvalue weighted by molar-refractivity contribution is -0.139. The lowest BCUT2D eigenvalue weighted by Gasteiger charge is -2.17. The van der Waals surface area contributed by atoms with E-state index in [0.717, 1.165) is 39.4 Å². The van der Waals surface area contributed by atoms with E-state index in [2.05, 4.69) is 28.5 Å². The van der Waals surface area contributed by atoms with E-state index in [-0.39, 0.29) is 12.1 Å². The Kier molecular flexibility index (Phi) is 6.26. The molecule has 7 heteroatoms. The standard InChI is InChI=1S/C25H25N3O3S/c1-14(2)31-22-10-7-16(11-17(22)12-26)24-27-13-23(32-24)20-6-4-5-19-18(20)8-9-21(19)28-15(3)25(29)30/h4-7,10-11,13-15,21,28H,8-9H2,1-3H3,(H,29,30)/t15-,21?/m0/s1. The summed E-state index contributed by atoms with van der Waals surface area (Å²) in [5.41, 5.74) is 4.92. The van der Waals surface area contributed by atoms with Crippen molar-refractivity contribution < 1.29 is 14.6 Å². The highest BCUT2D eigenvalue weighted by atomic mass is 32.1. The van der Waals surface area contributed by atoms with Gasteiger partial charge in [-0.15, -0.1) is 11.3 Å². The molecule has 2 N–H and O–H groups in total. The van der Waals surface area contributed by atoms with Crippen LogP contribution in [0.1, 0.15) is 49.9 Å². The molecule has 0 amide bonds. The summed E-state index contributed by atoms with van der Waals surface area (Å²) < 4.78 is 5.72. The number of nitriles is 1. The predicted octanol–water partition coefficient (Wildman–Crippen LogP) is 5.19. The molecular formula is C25H25N3O3S. The van der Waals surface area contributed by atoms with E-state index in [4.69, 9.17) is 4.74 Å². The van der Waals surface area contributed by atoms with Crippen LogP contribution in [0.2, 0.25) is 0 Å². The zero-order valence-electron chi connectivity index (χ0n) is 18.3. The van der Waals surface area contributed by atoms with Crippen molar-refractivity contribution in [1.29, 1.82) is 5.26 Å². The number of carboxylic acid groups (broad SMARTS) is 1. The lowest BCUT2D eigenvalue weighted by atomic mass is 10.0. The molecule has 1 aromatic heterocycles. The number of rotatable bonds is 7. The number of aromatic nitrogens is 1. The van der Waals surface area contributed by atoms with E-state index >= 15 is 0 Å². The number of nitrogens with one attached hydrogen (secondary N) is 1. The SMILES string of the molecule is CC(C)Oc1ccc(-c2ncc(-c3cccc4c3CCC4N[C@@H](C)C(=O)O)s2)cc1C#N. The number of carbonyl (C=O) groups is 1. The van der Waals surface area contributed by atoms with E-state index in [1.54, 1.807) is 18.3 Å². The zero-order chi connectivity index (χ0) is 22.8. The molecule has 164 valence electrons. The lowest BCUT2D eigenvalue weighted by Crippen LogP contribution is -2.35. The van der Waals surface area contributed by atoms with Gasteiger partial charge in [0.25, 0.3) is 0 Å². The van der Waals surface area contributed by atoms with Crippen LogP contribution < -0.4 is 10.1 Å². The minimum Gasteiger partial charge on any atom is -0.490 e. The maximum Gasteiger partial charge on any atom is 0.320 e. The third-order valence-electron chi connectivity index (χ3n) is 5.57. The van der Waals surface area contributed by atoms with Gasteiger partial charge in [-0.2, -0.15) is 5.26 Å². The van der Waals surface area contributed by atoms with Crippen LogP contribution in [-0.2, 0) is 11.2 Å². The topological polar surface area (TPSA) is 95.2 Å². The molecule has 2 atom stereocenters. The van der Waals surface area contributed by atoms with Crippen LogP contribution in [0.3, 0.4) is 0 Å². The molecule has 3 aromatic rings. The van der Waals surface area contributed by atoms with E-state index in [1.165, 1.54) is 5.56 Å². The minimum absolute atomic E-state index is 0.00334. The highest BCUT2D eigenvalue weighted by molar-refractivity contribution is 7.18. The van der Waals surface area contributed by atoms with Gasteiger partial charge in [0.2, 0.25) is 0 Å². The van der Waals surface area contributed by atoms with Crippen LogP contribution in [0.25, 0.3) is 21.0 Å². The van der Waals surface area contributed by atoms with Crippen molar-refractivity contribution in [2.24, 2.45) is 0 Å². The molecule has 6 nitrogen and oxygen atoms in total. The van der Waals surface area contributed by atoms with E-state index in [0.29, 0.717) is 11.3 Å². The summed E-state index contributed by atoms with van der Waals surface area (Å²) in [5.74, 6) is -0.263. The van der Waals surface area contributed by atoms with Crippen molar-refractivity contribution >= 4 is 17.3 Å². The zero-order valence-corrected chi connectivity index (χ0v) is 19.1. The van der Waals surface area contributed by atoms with Crippen molar-refractivity contribution in [3.8, 4) is 32.8 Å². The van der Waals surface area contributed by atoms with Gasteiger partial charge in [0.1, 0.15) is 22.9 Å². The third kappa shape index (κ3) is 4.38. The smallest absolute Gasteiger partial charge is 0.320 e. The Morgan fingerprint density at radius 3 is 2.84 bits per heavy atom. The number of ether oxygens (including phenoxy) is 1. The molecule has 1 heterocycles. The fraction of sp³-hybridized carbons (Fsp3) is 0.320. The van der Waals surface area contributed by atoms with Crippen LogP contribution in [0.15, 0.2) is 42.6 Å². The van der Waals surface area contributed by atoms with Gasteiger partial charge in [-0.3, -0.25) is 10.1 Å². The van der Waals surface area contributed by atoms with E-state index in [9.17, 15) is 15.2 Å². The van der Waals surface area contributed by atoms with Gasteiger partial charge in [0, 0.05) is 17.8 Å². The summed E-state index contributed by atoms with van der Waals surface area (Å²) in [6, 6.07) is 13.4. The number of hydrogen-bond donors (Lipinski definition) is 2. The van der Waals surface area contributed by atoms with Gasteiger partial charge in [-0.25, -0.2) is 4.98 Å². The molecule has 0 radical (unpaired) electrons. The first-order chi connectivity index (χ1) is 15.4. The number of thiazole rings is 1. The summed E-state index contributed by atoms with van der Waals surface area (Å²) >= 11 is 1.59. The Labute approximate surface area is 191 Å². The van der Waals surface area contributed by atoms with Gasteiger partial charge < -0.3 is 9.84 Å². The van der Waals surface area contributed by atoms with Gasteiger partial charge in [0.15, 0.2) is 0 Å². The number of fused-ring (bicyclic) bond motifs is 1. The second-order valence-electron chi connectivity index (χ2n) is 8.21. The maximum absolute atomic E-state index is 11.2. The average molecular weight is 448 g/mol. The third-order valence-corrected chi connectivity index (χ3v) is 6.65. The number of carboxylic acids is 1. The highest BCUT2D eigenvalue weighted by Crippen LogP contribution is 2.41. The summed E-state index contributed by atoms with van der Waals surface area (Å²) in [6.07, 6.45) is 3.64. The van der Waals surface area contributed by atoms with Crippen LogP contribution in [0, 0.1) is 11.3 Å². The fourth-order valence-corrected chi connectivity index (χ4v) is 5.04. The van der Waals surface area contributed by atoms with E-state index in [1.807, 2.05) is 44.3 Å². The molecule has 1 aliphatic rings. The number of hydrogen-bond acceptors (Lipinski definition) is 6. The number of benzene rings is 2. The molecule has 4 rings (SSSR count). The molecule has 0 aliphatic heterocycles. The van der Waals surface area contributed by atoms with Crippen molar-refractivity contribution in [1.82, 2.24) is 10.3 Å². The average Bonchev–Trinajstić information content (AvgIpc) is 3.41. The number of aliphatic carboxylic acids is 1. The Hall–Kier alpha value is -3.21. The Bertz CT molecular complexity index is 1200. The van der Waals surface area contributed by atoms with Crippen molar-refractivity contribution in [2.75, 3.05) is 0 Å². The summed E-state index contributed by atoms with van der Waals surface area (Å²) in [5, 5.41) is 22.8. The fourth-order valence-electron chi connectivity index (χ4n) is 4.07. The second kappa shape index (κ2) is 9.11. The Morgan fingerprint density at radius 2 is 2.12 bits per heavy atom. The molecule has 0 spiro atoms. The maximum atomic E-state index is 11.2. The largest absolute Gasteiger partial charge is 0.490 e. The molecule has 0 fully saturated rings. The number of nitrogens with zero attached hydrogens (tertiary/aromatic N) is 2. The highest BCUT2D eigenvalue weighted by Gasteiger charge is 2.28. The van der Waals surface area contributed by atoms with E-state index < -0.39 is 12.0 Å². The summed E-state index contributed by atoms with van der Waals surface area (Å²) in [7, 11) is 0. The Balaban J connectivity index is 1.62. The minimum atomic E-state index is -0.844. The summed E-state index contributed by atoms with van der Waals surface area (Å²) in [4.78, 5) is 16.9. The molecule has 0 saturated heterocycles. The van der Waals surface area contributed by atoms with Crippen LogP contribution in [-0.4, -0.2) is 28.2 Å². The normalized spacial score (nSPS) is 15.9. The van der Waals surface area contributed by atoms with Crippen molar-refractivity contribution in [3.63, 3.8) is 0 Å². The van der Waals surface area contributed by atoms with Crippen LogP contribution in [0.4, 0.5) is 0 Å². The molecule has 2 aromatic carbocycles.